The molecular weight excluding hydrogens is 152 g/mol. The Hall–Kier alpha value is -0.570. The molecule has 72 valence electrons. The summed E-state index contributed by atoms with van der Waals surface area (Å²) in [5.41, 5.74) is 5.22. The van der Waals surface area contributed by atoms with Gasteiger partial charge in [0, 0.05) is 12.0 Å². The fraction of sp³-hybridized carbons (Fsp3) is 0.889. The summed E-state index contributed by atoms with van der Waals surface area (Å²) in [6.45, 7) is 6.68. The molecule has 3 nitrogen and oxygen atoms in total. The molecule has 3 N–H and O–H groups in total. The molecule has 0 spiro atoms. The van der Waals surface area contributed by atoms with Crippen LogP contribution in [0.2, 0.25) is 0 Å². The van der Waals surface area contributed by atoms with Crippen LogP contribution in [0.15, 0.2) is 0 Å². The average molecular weight is 172 g/mol. The minimum absolute atomic E-state index is 0.0777. The van der Waals surface area contributed by atoms with Gasteiger partial charge in [-0.25, -0.2) is 0 Å². The molecule has 0 bridgehead atoms. The quantitative estimate of drug-likeness (QED) is 0.650. The van der Waals surface area contributed by atoms with Crippen molar-refractivity contribution in [3.05, 3.63) is 0 Å². The topological polar surface area (TPSA) is 55.1 Å². The first-order chi connectivity index (χ1) is 5.52. The van der Waals surface area contributed by atoms with Gasteiger partial charge in [0.15, 0.2) is 0 Å². The Bertz CT molecular complexity index is 143. The van der Waals surface area contributed by atoms with Gasteiger partial charge in [-0.05, 0) is 33.2 Å². The lowest BCUT2D eigenvalue weighted by Gasteiger charge is -2.24. The zero-order valence-electron chi connectivity index (χ0n) is 8.31. The van der Waals surface area contributed by atoms with Gasteiger partial charge in [0.05, 0.1) is 0 Å². The zero-order chi connectivity index (χ0) is 9.61. The van der Waals surface area contributed by atoms with E-state index in [2.05, 4.69) is 12.2 Å². The maximum atomic E-state index is 11.2. The van der Waals surface area contributed by atoms with E-state index in [1.165, 1.54) is 0 Å². The van der Waals surface area contributed by atoms with Crippen LogP contribution in [0.25, 0.3) is 0 Å². The van der Waals surface area contributed by atoms with Gasteiger partial charge in [0.25, 0.3) is 0 Å². The van der Waals surface area contributed by atoms with E-state index in [4.69, 9.17) is 5.73 Å². The number of amides is 1. The van der Waals surface area contributed by atoms with Crippen molar-refractivity contribution in [2.45, 2.75) is 45.6 Å². The summed E-state index contributed by atoms with van der Waals surface area (Å²) in [5, 5.41) is 2.95. The molecule has 0 aliphatic rings. The van der Waals surface area contributed by atoms with E-state index in [9.17, 15) is 4.79 Å². The largest absolute Gasteiger partial charge is 0.351 e. The number of carbonyl (C=O) groups excluding carboxylic acids is 1. The van der Waals surface area contributed by atoms with Gasteiger partial charge < -0.3 is 11.1 Å². The smallest absolute Gasteiger partial charge is 0.220 e. The lowest BCUT2D eigenvalue weighted by atomic mass is 10.0. The van der Waals surface area contributed by atoms with Crippen molar-refractivity contribution < 1.29 is 4.79 Å². The van der Waals surface area contributed by atoms with Crippen molar-refractivity contribution in [1.29, 1.82) is 0 Å². The molecule has 0 aromatic carbocycles. The number of carbonyl (C=O) groups is 1. The maximum absolute atomic E-state index is 11.2. The third-order valence-electron chi connectivity index (χ3n) is 1.97. The highest BCUT2D eigenvalue weighted by Gasteiger charge is 2.16. The van der Waals surface area contributed by atoms with Crippen molar-refractivity contribution in [2.75, 3.05) is 6.54 Å². The van der Waals surface area contributed by atoms with Crippen molar-refractivity contribution in [1.82, 2.24) is 5.32 Å². The van der Waals surface area contributed by atoms with E-state index in [1.807, 2.05) is 13.8 Å². The summed E-state index contributed by atoms with van der Waals surface area (Å²) in [7, 11) is 0. The maximum Gasteiger partial charge on any atom is 0.220 e. The Morgan fingerprint density at radius 3 is 2.50 bits per heavy atom. The number of hydrogen-bond donors (Lipinski definition) is 2. The lowest BCUT2D eigenvalue weighted by Crippen LogP contribution is -2.42. The van der Waals surface area contributed by atoms with Crippen molar-refractivity contribution in [3.63, 3.8) is 0 Å². The Labute approximate surface area is 74.7 Å². The highest BCUT2D eigenvalue weighted by molar-refractivity contribution is 5.76. The molecule has 0 aromatic heterocycles. The van der Waals surface area contributed by atoms with Crippen LogP contribution in [0.1, 0.15) is 40.0 Å². The van der Waals surface area contributed by atoms with E-state index in [-0.39, 0.29) is 11.4 Å². The van der Waals surface area contributed by atoms with Crippen LogP contribution < -0.4 is 11.1 Å². The lowest BCUT2D eigenvalue weighted by molar-refractivity contribution is -0.122. The van der Waals surface area contributed by atoms with E-state index < -0.39 is 0 Å². The molecule has 0 heterocycles. The first-order valence-electron chi connectivity index (χ1n) is 4.53. The van der Waals surface area contributed by atoms with E-state index in [1.54, 1.807) is 0 Å². The summed E-state index contributed by atoms with van der Waals surface area (Å²) in [4.78, 5) is 11.2. The molecule has 0 rings (SSSR count). The normalized spacial score (nSPS) is 11.3. The van der Waals surface area contributed by atoms with Gasteiger partial charge >= 0.3 is 0 Å². The second kappa shape index (κ2) is 5.14. The minimum atomic E-state index is -0.0777. The SMILES string of the molecule is CCC(C)(C)NC(=O)CCCN. The third kappa shape index (κ3) is 5.13. The molecule has 0 saturated carbocycles. The first-order valence-corrected chi connectivity index (χ1v) is 4.53. The number of nitrogens with one attached hydrogen (secondary N) is 1. The zero-order valence-corrected chi connectivity index (χ0v) is 8.31. The first kappa shape index (κ1) is 11.4. The van der Waals surface area contributed by atoms with Gasteiger partial charge in [-0.2, -0.15) is 0 Å². The van der Waals surface area contributed by atoms with Crippen LogP contribution in [-0.2, 0) is 4.79 Å². The number of nitrogens with two attached hydrogens (primary N) is 1. The van der Waals surface area contributed by atoms with E-state index in [0.717, 1.165) is 12.8 Å². The molecule has 1 amide bonds. The number of hydrogen-bond acceptors (Lipinski definition) is 2. The van der Waals surface area contributed by atoms with Crippen molar-refractivity contribution in [3.8, 4) is 0 Å². The van der Waals surface area contributed by atoms with Crippen LogP contribution in [0.4, 0.5) is 0 Å². The van der Waals surface area contributed by atoms with Crippen LogP contribution in [0, 0.1) is 0 Å². The molecule has 0 aliphatic heterocycles. The molecule has 0 atom stereocenters. The fourth-order valence-electron chi connectivity index (χ4n) is 0.791. The monoisotopic (exact) mass is 172 g/mol. The molecule has 3 heteroatoms. The van der Waals surface area contributed by atoms with E-state index >= 15 is 0 Å². The van der Waals surface area contributed by atoms with Gasteiger partial charge in [0.1, 0.15) is 0 Å². The summed E-state index contributed by atoms with van der Waals surface area (Å²) in [5.74, 6) is 0.104. The van der Waals surface area contributed by atoms with E-state index in [0.29, 0.717) is 13.0 Å². The molecule has 0 fully saturated rings. The predicted molar refractivity (Wildman–Crippen MR) is 50.8 cm³/mol. The van der Waals surface area contributed by atoms with Crippen LogP contribution in [0.3, 0.4) is 0 Å². The van der Waals surface area contributed by atoms with Gasteiger partial charge in [-0.3, -0.25) is 4.79 Å². The summed E-state index contributed by atoms with van der Waals surface area (Å²) in [6, 6.07) is 0. The molecule has 0 radical (unpaired) electrons. The summed E-state index contributed by atoms with van der Waals surface area (Å²) < 4.78 is 0. The molecule has 12 heavy (non-hydrogen) atoms. The molecule has 0 aliphatic carbocycles. The molecular formula is C9H20N2O. The second-order valence-electron chi connectivity index (χ2n) is 3.68. The van der Waals surface area contributed by atoms with Crippen LogP contribution in [-0.4, -0.2) is 18.0 Å². The van der Waals surface area contributed by atoms with Gasteiger partial charge in [0.2, 0.25) is 5.91 Å². The Kier molecular flexibility index (Phi) is 4.90. The Morgan fingerprint density at radius 2 is 2.08 bits per heavy atom. The second-order valence-corrected chi connectivity index (χ2v) is 3.68. The minimum Gasteiger partial charge on any atom is -0.351 e. The van der Waals surface area contributed by atoms with Gasteiger partial charge in [-0.1, -0.05) is 6.92 Å². The third-order valence-corrected chi connectivity index (χ3v) is 1.97. The van der Waals surface area contributed by atoms with Crippen LogP contribution in [0.5, 0.6) is 0 Å². The number of rotatable bonds is 5. The molecule has 0 saturated heterocycles. The molecule has 0 unspecified atom stereocenters. The Morgan fingerprint density at radius 1 is 1.50 bits per heavy atom. The van der Waals surface area contributed by atoms with Gasteiger partial charge in [-0.15, -0.1) is 0 Å². The highest BCUT2D eigenvalue weighted by atomic mass is 16.1. The fourth-order valence-corrected chi connectivity index (χ4v) is 0.791. The standard InChI is InChI=1S/C9H20N2O/c1-4-9(2,3)11-8(12)6-5-7-10/h4-7,10H2,1-3H3,(H,11,12). The highest BCUT2D eigenvalue weighted by Crippen LogP contribution is 2.07. The van der Waals surface area contributed by atoms with Crippen LogP contribution >= 0.6 is 0 Å². The molecule has 0 aromatic rings. The average Bonchev–Trinajstić information content (AvgIpc) is 2.00. The Balaban J connectivity index is 3.68. The summed E-state index contributed by atoms with van der Waals surface area (Å²) >= 11 is 0. The van der Waals surface area contributed by atoms with Crippen molar-refractivity contribution in [2.24, 2.45) is 5.73 Å². The predicted octanol–water partition coefficient (Wildman–Crippen LogP) is 1.03. The summed E-state index contributed by atoms with van der Waals surface area (Å²) in [6.07, 6.45) is 2.26. The van der Waals surface area contributed by atoms with Crippen molar-refractivity contribution >= 4 is 5.91 Å².